The average Bonchev–Trinajstić information content (AvgIpc) is 2.29. The van der Waals surface area contributed by atoms with E-state index in [0.717, 1.165) is 31.4 Å². The van der Waals surface area contributed by atoms with Crippen molar-refractivity contribution in [3.63, 3.8) is 0 Å². The van der Waals surface area contributed by atoms with Gasteiger partial charge in [0.1, 0.15) is 5.82 Å². The molecule has 1 aliphatic rings. The molecule has 0 fully saturated rings. The lowest BCUT2D eigenvalue weighted by Gasteiger charge is -2.20. The second kappa shape index (κ2) is 4.77. The molecule has 0 bridgehead atoms. The summed E-state index contributed by atoms with van der Waals surface area (Å²) in [5.41, 5.74) is -0.665. The molecule has 1 unspecified atom stereocenters. The first-order valence-electron chi connectivity index (χ1n) is 5.50. The van der Waals surface area contributed by atoms with Gasteiger partial charge in [0.2, 0.25) is 0 Å². The minimum absolute atomic E-state index is 0.177. The van der Waals surface area contributed by atoms with Crippen LogP contribution in [0.25, 0.3) is 0 Å². The zero-order valence-corrected chi connectivity index (χ0v) is 9.17. The molecule has 0 radical (unpaired) electrons. The first-order chi connectivity index (χ1) is 8.05. The summed E-state index contributed by atoms with van der Waals surface area (Å²) in [4.78, 5) is 3.91. The summed E-state index contributed by atoms with van der Waals surface area (Å²) in [6.45, 7) is 0. The summed E-state index contributed by atoms with van der Waals surface area (Å²) in [6, 6.07) is 2.21. The van der Waals surface area contributed by atoms with E-state index in [1.807, 2.05) is 6.08 Å². The second-order valence-corrected chi connectivity index (χ2v) is 4.05. The van der Waals surface area contributed by atoms with Gasteiger partial charge in [-0.2, -0.15) is 13.2 Å². The van der Waals surface area contributed by atoms with Crippen LogP contribution in [0.1, 0.15) is 24.8 Å². The zero-order valence-electron chi connectivity index (χ0n) is 9.17. The molecule has 0 aliphatic heterocycles. The summed E-state index contributed by atoms with van der Waals surface area (Å²) in [5.74, 6) is 0.292. The summed E-state index contributed by atoms with van der Waals surface area (Å²) in [6.07, 6.45) is 3.70. The highest BCUT2D eigenvalue weighted by Gasteiger charge is 2.30. The molecule has 0 aromatic carbocycles. The number of alkyl halides is 3. The van der Waals surface area contributed by atoms with E-state index in [4.69, 9.17) is 0 Å². The van der Waals surface area contributed by atoms with Crippen LogP contribution in [0.5, 0.6) is 0 Å². The topological polar surface area (TPSA) is 24.9 Å². The molecule has 1 N–H and O–H groups in total. The number of nitrogens with zero attached hydrogens (tertiary/aromatic N) is 1. The van der Waals surface area contributed by atoms with Gasteiger partial charge < -0.3 is 5.32 Å². The number of pyridine rings is 1. The van der Waals surface area contributed by atoms with Gasteiger partial charge in [-0.05, 0) is 31.4 Å². The normalized spacial score (nSPS) is 20.3. The highest BCUT2D eigenvalue weighted by atomic mass is 19.4. The highest BCUT2D eigenvalue weighted by molar-refractivity contribution is 5.39. The van der Waals surface area contributed by atoms with E-state index in [1.165, 1.54) is 6.20 Å². The van der Waals surface area contributed by atoms with Crippen molar-refractivity contribution in [1.29, 1.82) is 0 Å². The lowest BCUT2D eigenvalue weighted by Crippen LogP contribution is -2.21. The molecule has 92 valence electrons. The van der Waals surface area contributed by atoms with E-state index in [1.54, 1.807) is 0 Å². The monoisotopic (exact) mass is 242 g/mol. The van der Waals surface area contributed by atoms with Gasteiger partial charge >= 0.3 is 6.18 Å². The Hall–Kier alpha value is -1.52. The smallest absolute Gasteiger partial charge is 0.367 e. The predicted molar refractivity (Wildman–Crippen MR) is 59.6 cm³/mol. The largest absolute Gasteiger partial charge is 0.416 e. The van der Waals surface area contributed by atoms with Crippen LogP contribution in [-0.4, -0.2) is 11.0 Å². The third-order valence-electron chi connectivity index (χ3n) is 2.71. The Bertz CT molecular complexity index is 412. The van der Waals surface area contributed by atoms with Crippen molar-refractivity contribution in [1.82, 2.24) is 4.98 Å². The predicted octanol–water partition coefficient (Wildman–Crippen LogP) is 3.62. The van der Waals surface area contributed by atoms with E-state index in [2.05, 4.69) is 16.4 Å². The van der Waals surface area contributed by atoms with Gasteiger partial charge in [0.15, 0.2) is 0 Å². The maximum absolute atomic E-state index is 12.5. The van der Waals surface area contributed by atoms with Crippen molar-refractivity contribution in [2.24, 2.45) is 0 Å². The molecular weight excluding hydrogens is 229 g/mol. The third-order valence-corrected chi connectivity index (χ3v) is 2.71. The van der Waals surface area contributed by atoms with E-state index >= 15 is 0 Å². The van der Waals surface area contributed by atoms with Gasteiger partial charge in [-0.25, -0.2) is 4.98 Å². The van der Waals surface area contributed by atoms with Crippen LogP contribution >= 0.6 is 0 Å². The number of anilines is 1. The maximum atomic E-state index is 12.5. The van der Waals surface area contributed by atoms with Gasteiger partial charge in [0.25, 0.3) is 0 Å². The molecule has 0 spiro atoms. The van der Waals surface area contributed by atoms with E-state index in [-0.39, 0.29) is 6.04 Å². The fourth-order valence-electron chi connectivity index (χ4n) is 1.82. The molecule has 1 aromatic heterocycles. The molecule has 1 aliphatic carbocycles. The number of hydrogen-bond acceptors (Lipinski definition) is 2. The van der Waals surface area contributed by atoms with Crippen molar-refractivity contribution >= 4 is 5.82 Å². The van der Waals surface area contributed by atoms with Crippen molar-refractivity contribution in [2.45, 2.75) is 31.5 Å². The fraction of sp³-hybridized carbons (Fsp3) is 0.417. The van der Waals surface area contributed by atoms with Crippen LogP contribution in [-0.2, 0) is 6.18 Å². The molecule has 0 saturated carbocycles. The van der Waals surface area contributed by atoms with E-state index in [9.17, 15) is 13.2 Å². The minimum atomic E-state index is -4.31. The molecule has 1 atom stereocenters. The number of allylic oxidation sites excluding steroid dienone is 1. The van der Waals surface area contributed by atoms with Crippen molar-refractivity contribution in [3.05, 3.63) is 36.0 Å². The number of nitrogens with one attached hydrogen (secondary N) is 1. The Labute approximate surface area is 97.6 Å². The Balaban J connectivity index is 2.08. The summed E-state index contributed by atoms with van der Waals surface area (Å²) < 4.78 is 37.4. The van der Waals surface area contributed by atoms with Crippen LogP contribution in [0.15, 0.2) is 30.5 Å². The molecule has 2 rings (SSSR count). The lowest BCUT2D eigenvalue weighted by atomic mass is 10.0. The summed E-state index contributed by atoms with van der Waals surface area (Å²) in [7, 11) is 0. The molecule has 1 heterocycles. The number of hydrogen-bond donors (Lipinski definition) is 1. The highest BCUT2D eigenvalue weighted by Crippen LogP contribution is 2.30. The van der Waals surface area contributed by atoms with Gasteiger partial charge in [-0.15, -0.1) is 0 Å². The van der Waals surface area contributed by atoms with Crippen LogP contribution in [0.4, 0.5) is 19.0 Å². The molecule has 0 saturated heterocycles. The average molecular weight is 242 g/mol. The quantitative estimate of drug-likeness (QED) is 0.801. The standard InChI is InChI=1S/C12H13F3N2/c13-12(14,15)9-6-7-16-11(8-9)17-10-4-2-1-3-5-10/h1-2,6-8,10H,3-5H2,(H,16,17). The second-order valence-electron chi connectivity index (χ2n) is 4.05. The van der Waals surface area contributed by atoms with Crippen LogP contribution in [0, 0.1) is 0 Å². The molecule has 1 aromatic rings. The third kappa shape index (κ3) is 3.22. The summed E-state index contributed by atoms with van der Waals surface area (Å²) in [5, 5.41) is 3.03. The van der Waals surface area contributed by atoms with Crippen LogP contribution < -0.4 is 5.32 Å². The molecule has 2 nitrogen and oxygen atoms in total. The SMILES string of the molecule is FC(F)(F)c1ccnc(NC2CC=CCC2)c1. The Morgan fingerprint density at radius 3 is 2.76 bits per heavy atom. The molecule has 17 heavy (non-hydrogen) atoms. The van der Waals surface area contributed by atoms with E-state index in [0.29, 0.717) is 5.82 Å². The molecular formula is C12H13F3N2. The van der Waals surface area contributed by atoms with Crippen LogP contribution in [0.3, 0.4) is 0 Å². The first-order valence-corrected chi connectivity index (χ1v) is 5.50. The minimum Gasteiger partial charge on any atom is -0.367 e. The number of aromatic nitrogens is 1. The van der Waals surface area contributed by atoms with Crippen molar-refractivity contribution in [3.8, 4) is 0 Å². The Kier molecular flexibility index (Phi) is 3.36. The zero-order chi connectivity index (χ0) is 12.3. The number of rotatable bonds is 2. The van der Waals surface area contributed by atoms with Gasteiger partial charge in [0, 0.05) is 12.2 Å². The molecule has 5 heteroatoms. The van der Waals surface area contributed by atoms with Gasteiger partial charge in [0.05, 0.1) is 5.56 Å². The first kappa shape index (κ1) is 12.0. The molecule has 0 amide bonds. The Morgan fingerprint density at radius 2 is 2.12 bits per heavy atom. The van der Waals surface area contributed by atoms with Crippen LogP contribution in [0.2, 0.25) is 0 Å². The number of halogens is 3. The van der Waals surface area contributed by atoms with Crippen molar-refractivity contribution in [2.75, 3.05) is 5.32 Å². The maximum Gasteiger partial charge on any atom is 0.416 e. The lowest BCUT2D eigenvalue weighted by molar-refractivity contribution is -0.137. The summed E-state index contributed by atoms with van der Waals surface area (Å²) >= 11 is 0. The fourth-order valence-corrected chi connectivity index (χ4v) is 1.82. The van der Waals surface area contributed by atoms with Gasteiger partial charge in [-0.3, -0.25) is 0 Å². The van der Waals surface area contributed by atoms with E-state index < -0.39 is 11.7 Å². The van der Waals surface area contributed by atoms with Crippen molar-refractivity contribution < 1.29 is 13.2 Å². The Morgan fingerprint density at radius 1 is 1.29 bits per heavy atom. The van der Waals surface area contributed by atoms with Gasteiger partial charge in [-0.1, -0.05) is 12.2 Å².